The van der Waals surface area contributed by atoms with E-state index in [9.17, 15) is 0 Å². The molecule has 0 fully saturated rings. The normalized spacial score (nSPS) is 10.1. The Morgan fingerprint density at radius 1 is 1.44 bits per heavy atom. The van der Waals surface area contributed by atoms with Gasteiger partial charge in [-0.15, -0.1) is 0 Å². The first-order valence-electron chi connectivity index (χ1n) is 4.84. The Balaban J connectivity index is 2.06. The largest absolute Gasteiger partial charge is 0.497 e. The molecule has 2 N–H and O–H groups in total. The van der Waals surface area contributed by atoms with Crippen LogP contribution in [-0.4, -0.2) is 17.3 Å². The first-order valence-corrected chi connectivity index (χ1v) is 5.64. The lowest BCUT2D eigenvalue weighted by molar-refractivity contribution is 0.414. The number of aromatic amines is 1. The van der Waals surface area contributed by atoms with Crippen LogP contribution in [0.3, 0.4) is 0 Å². The van der Waals surface area contributed by atoms with Gasteiger partial charge in [-0.3, -0.25) is 5.10 Å². The molecule has 1 aromatic carbocycles. The van der Waals surface area contributed by atoms with Gasteiger partial charge in [0.15, 0.2) is 0 Å². The average molecular weight is 282 g/mol. The molecule has 0 aliphatic rings. The third-order valence-corrected chi connectivity index (χ3v) is 2.61. The molecule has 0 amide bonds. The molecule has 1 heterocycles. The highest BCUT2D eigenvalue weighted by Crippen LogP contribution is 2.24. The number of hydrogen-bond acceptors (Lipinski definition) is 3. The van der Waals surface area contributed by atoms with Crippen molar-refractivity contribution < 1.29 is 4.74 Å². The minimum Gasteiger partial charge on any atom is -0.497 e. The van der Waals surface area contributed by atoms with Crippen LogP contribution in [0.25, 0.3) is 0 Å². The van der Waals surface area contributed by atoms with Crippen molar-refractivity contribution >= 4 is 21.6 Å². The molecule has 0 unspecified atom stereocenters. The van der Waals surface area contributed by atoms with Crippen LogP contribution in [0.2, 0.25) is 0 Å². The van der Waals surface area contributed by atoms with Gasteiger partial charge in [0.05, 0.1) is 19.3 Å². The highest BCUT2D eigenvalue weighted by molar-refractivity contribution is 9.10. The molecular formula is C11H12BrN3O. The number of nitrogens with one attached hydrogen (secondary N) is 2. The van der Waals surface area contributed by atoms with E-state index in [0.29, 0.717) is 6.54 Å². The number of nitrogens with zero attached hydrogens (tertiary/aromatic N) is 1. The van der Waals surface area contributed by atoms with Crippen LogP contribution >= 0.6 is 15.9 Å². The van der Waals surface area contributed by atoms with Gasteiger partial charge in [-0.2, -0.15) is 5.10 Å². The van der Waals surface area contributed by atoms with E-state index in [2.05, 4.69) is 31.4 Å². The van der Waals surface area contributed by atoms with Crippen LogP contribution in [-0.2, 0) is 6.54 Å². The summed E-state index contributed by atoms with van der Waals surface area (Å²) in [5.41, 5.74) is 2.04. The maximum atomic E-state index is 5.18. The Morgan fingerprint density at radius 2 is 2.31 bits per heavy atom. The van der Waals surface area contributed by atoms with Crippen molar-refractivity contribution in [3.8, 4) is 5.75 Å². The molecule has 0 aliphatic carbocycles. The molecule has 4 nitrogen and oxygen atoms in total. The van der Waals surface area contributed by atoms with Crippen molar-refractivity contribution in [1.29, 1.82) is 0 Å². The first kappa shape index (κ1) is 11.0. The third kappa shape index (κ3) is 2.76. The summed E-state index contributed by atoms with van der Waals surface area (Å²) in [5.74, 6) is 0.821. The number of hydrogen-bond donors (Lipinski definition) is 2. The highest BCUT2D eigenvalue weighted by Gasteiger charge is 2.00. The quantitative estimate of drug-likeness (QED) is 0.906. The van der Waals surface area contributed by atoms with E-state index >= 15 is 0 Å². The zero-order valence-corrected chi connectivity index (χ0v) is 10.4. The molecular weight excluding hydrogens is 270 g/mol. The summed E-state index contributed by atoms with van der Waals surface area (Å²) < 4.78 is 6.17. The van der Waals surface area contributed by atoms with Crippen molar-refractivity contribution in [3.63, 3.8) is 0 Å². The molecule has 2 aromatic rings. The maximum absolute atomic E-state index is 5.18. The second-order valence-electron chi connectivity index (χ2n) is 3.32. The van der Waals surface area contributed by atoms with E-state index < -0.39 is 0 Å². The van der Waals surface area contributed by atoms with E-state index in [1.54, 1.807) is 13.3 Å². The average Bonchev–Trinajstić information content (AvgIpc) is 2.78. The minimum atomic E-state index is 0.708. The number of benzene rings is 1. The summed E-state index contributed by atoms with van der Waals surface area (Å²) >= 11 is 3.43. The van der Waals surface area contributed by atoms with E-state index in [1.807, 2.05) is 24.3 Å². The number of ether oxygens (including phenoxy) is 1. The number of aromatic nitrogens is 2. The van der Waals surface area contributed by atoms with Crippen molar-refractivity contribution in [1.82, 2.24) is 10.2 Å². The molecule has 0 bridgehead atoms. The molecule has 0 atom stereocenters. The van der Waals surface area contributed by atoms with Gasteiger partial charge in [-0.05, 0) is 18.2 Å². The van der Waals surface area contributed by atoms with Gasteiger partial charge in [0.25, 0.3) is 0 Å². The van der Waals surface area contributed by atoms with E-state index in [0.717, 1.165) is 21.6 Å². The molecule has 16 heavy (non-hydrogen) atoms. The monoisotopic (exact) mass is 281 g/mol. The summed E-state index contributed by atoms with van der Waals surface area (Å²) in [6.45, 7) is 0.708. The SMILES string of the molecule is COc1cc(Br)cc(NCc2ccn[nH]2)c1. The van der Waals surface area contributed by atoms with Crippen molar-refractivity contribution in [2.45, 2.75) is 6.54 Å². The predicted octanol–water partition coefficient (Wildman–Crippen LogP) is 2.79. The number of methoxy groups -OCH3 is 1. The summed E-state index contributed by atoms with van der Waals surface area (Å²) in [4.78, 5) is 0. The van der Waals surface area contributed by atoms with Gasteiger partial charge >= 0.3 is 0 Å². The van der Waals surface area contributed by atoms with Gasteiger partial charge in [-0.1, -0.05) is 15.9 Å². The van der Waals surface area contributed by atoms with Crippen LogP contribution in [0.4, 0.5) is 5.69 Å². The van der Waals surface area contributed by atoms with Gasteiger partial charge in [0, 0.05) is 22.4 Å². The minimum absolute atomic E-state index is 0.708. The molecule has 0 saturated heterocycles. The lowest BCUT2D eigenvalue weighted by Gasteiger charge is -2.08. The zero-order valence-electron chi connectivity index (χ0n) is 8.83. The smallest absolute Gasteiger partial charge is 0.122 e. The van der Waals surface area contributed by atoms with Crippen LogP contribution in [0.5, 0.6) is 5.75 Å². The number of halogens is 1. The Morgan fingerprint density at radius 3 is 3.00 bits per heavy atom. The standard InChI is InChI=1S/C11H12BrN3O/c1-16-11-5-8(12)4-10(6-11)13-7-9-2-3-14-15-9/h2-6,13H,7H2,1H3,(H,14,15). The molecule has 84 valence electrons. The Labute approximate surface area is 102 Å². The fraction of sp³-hybridized carbons (Fsp3) is 0.182. The molecule has 0 spiro atoms. The van der Waals surface area contributed by atoms with Crippen LogP contribution in [0.15, 0.2) is 34.9 Å². The van der Waals surface area contributed by atoms with Gasteiger partial charge in [0.1, 0.15) is 5.75 Å². The van der Waals surface area contributed by atoms with Crippen molar-refractivity contribution in [2.24, 2.45) is 0 Å². The van der Waals surface area contributed by atoms with Crippen LogP contribution in [0, 0.1) is 0 Å². The van der Waals surface area contributed by atoms with E-state index in [-0.39, 0.29) is 0 Å². The third-order valence-electron chi connectivity index (χ3n) is 2.15. The van der Waals surface area contributed by atoms with Gasteiger partial charge < -0.3 is 10.1 Å². The fourth-order valence-corrected chi connectivity index (χ4v) is 1.84. The molecule has 0 radical (unpaired) electrons. The zero-order chi connectivity index (χ0) is 11.4. The Hall–Kier alpha value is -1.49. The Bertz CT molecular complexity index is 456. The molecule has 0 aliphatic heterocycles. The topological polar surface area (TPSA) is 49.9 Å². The van der Waals surface area contributed by atoms with Crippen molar-refractivity contribution in [3.05, 3.63) is 40.6 Å². The highest BCUT2D eigenvalue weighted by atomic mass is 79.9. The molecule has 5 heteroatoms. The molecule has 0 saturated carbocycles. The number of H-pyrrole nitrogens is 1. The first-order chi connectivity index (χ1) is 7.78. The molecule has 1 aromatic heterocycles. The summed E-state index contributed by atoms with van der Waals surface area (Å²) in [5, 5.41) is 10.1. The summed E-state index contributed by atoms with van der Waals surface area (Å²) in [6, 6.07) is 7.80. The second-order valence-corrected chi connectivity index (χ2v) is 4.23. The fourth-order valence-electron chi connectivity index (χ4n) is 1.36. The maximum Gasteiger partial charge on any atom is 0.122 e. The van der Waals surface area contributed by atoms with Gasteiger partial charge in [-0.25, -0.2) is 0 Å². The van der Waals surface area contributed by atoms with Crippen LogP contribution in [0.1, 0.15) is 5.69 Å². The molecule has 2 rings (SSSR count). The predicted molar refractivity (Wildman–Crippen MR) is 66.6 cm³/mol. The lowest BCUT2D eigenvalue weighted by Crippen LogP contribution is -2.00. The summed E-state index contributed by atoms with van der Waals surface area (Å²) in [7, 11) is 1.65. The summed E-state index contributed by atoms with van der Waals surface area (Å²) in [6.07, 6.45) is 1.73. The lowest BCUT2D eigenvalue weighted by atomic mass is 10.3. The van der Waals surface area contributed by atoms with E-state index in [4.69, 9.17) is 4.74 Å². The van der Waals surface area contributed by atoms with Crippen molar-refractivity contribution in [2.75, 3.05) is 12.4 Å². The van der Waals surface area contributed by atoms with Gasteiger partial charge in [0.2, 0.25) is 0 Å². The Kier molecular flexibility index (Phi) is 3.46. The number of rotatable bonds is 4. The van der Waals surface area contributed by atoms with Crippen LogP contribution < -0.4 is 10.1 Å². The number of anilines is 1. The second kappa shape index (κ2) is 5.03. The van der Waals surface area contributed by atoms with E-state index in [1.165, 1.54) is 0 Å².